The maximum atomic E-state index is 12.8. The second-order valence-corrected chi connectivity index (χ2v) is 7.80. The molecular weight excluding hydrogens is 401 g/mol. The summed E-state index contributed by atoms with van der Waals surface area (Å²) >= 11 is 0. The molecule has 0 aromatic heterocycles. The number of nitrogens with zero attached hydrogens (tertiary/aromatic N) is 1. The highest BCUT2D eigenvalue weighted by atomic mass is 35.5. The standard InChI is InChI=1S/C18H21F3N2O2S.ClH/c19-18(20,21)14-16-6-8-17(9-7-16)26(24,25)23(13-11-22)12-10-15-4-2-1-3-5-15;/h1-9H,10-14,22H2;1H. The van der Waals surface area contributed by atoms with Gasteiger partial charge in [0.15, 0.2) is 0 Å². The van der Waals surface area contributed by atoms with E-state index in [1.807, 2.05) is 30.3 Å². The lowest BCUT2D eigenvalue weighted by molar-refractivity contribution is -0.127. The number of halogens is 4. The minimum atomic E-state index is -4.33. The number of nitrogens with two attached hydrogens (primary N) is 1. The molecule has 0 amide bonds. The molecule has 0 aliphatic carbocycles. The Kier molecular flexibility index (Phi) is 8.74. The minimum absolute atomic E-state index is 0. The van der Waals surface area contributed by atoms with Crippen LogP contribution in [0.1, 0.15) is 11.1 Å². The molecule has 0 radical (unpaired) electrons. The molecule has 0 aliphatic heterocycles. The van der Waals surface area contributed by atoms with Crippen LogP contribution in [0.25, 0.3) is 0 Å². The van der Waals surface area contributed by atoms with E-state index in [-0.39, 0.29) is 42.5 Å². The van der Waals surface area contributed by atoms with Crippen molar-refractivity contribution in [3.05, 3.63) is 65.7 Å². The van der Waals surface area contributed by atoms with Crippen LogP contribution in [0.4, 0.5) is 13.2 Å². The molecule has 0 spiro atoms. The van der Waals surface area contributed by atoms with Crippen LogP contribution in [0.2, 0.25) is 0 Å². The van der Waals surface area contributed by atoms with E-state index in [1.54, 1.807) is 0 Å². The number of benzene rings is 2. The topological polar surface area (TPSA) is 63.4 Å². The van der Waals surface area contributed by atoms with E-state index in [9.17, 15) is 21.6 Å². The fraction of sp³-hybridized carbons (Fsp3) is 0.333. The van der Waals surface area contributed by atoms with Crippen LogP contribution < -0.4 is 5.73 Å². The summed E-state index contributed by atoms with van der Waals surface area (Å²) in [5.41, 5.74) is 6.55. The maximum Gasteiger partial charge on any atom is 0.393 e. The van der Waals surface area contributed by atoms with Gasteiger partial charge in [0, 0.05) is 19.6 Å². The van der Waals surface area contributed by atoms with E-state index in [0.717, 1.165) is 5.56 Å². The van der Waals surface area contributed by atoms with Gasteiger partial charge in [-0.3, -0.25) is 0 Å². The summed E-state index contributed by atoms with van der Waals surface area (Å²) in [5.74, 6) is 0. The Morgan fingerprint density at radius 1 is 0.889 bits per heavy atom. The summed E-state index contributed by atoms with van der Waals surface area (Å²) in [7, 11) is -3.82. The molecule has 9 heteroatoms. The molecule has 150 valence electrons. The summed E-state index contributed by atoms with van der Waals surface area (Å²) in [5, 5.41) is 0. The van der Waals surface area contributed by atoms with Crippen LogP contribution in [0.5, 0.6) is 0 Å². The summed E-state index contributed by atoms with van der Waals surface area (Å²) in [6.07, 6.45) is -4.90. The Labute approximate surface area is 163 Å². The van der Waals surface area contributed by atoms with Gasteiger partial charge in [-0.05, 0) is 29.7 Å². The number of sulfonamides is 1. The fourth-order valence-corrected chi connectivity index (χ4v) is 4.01. The SMILES string of the molecule is Cl.NCCN(CCc1ccccc1)S(=O)(=O)c1ccc(CC(F)(F)F)cc1. The van der Waals surface area contributed by atoms with Gasteiger partial charge in [-0.15, -0.1) is 12.4 Å². The van der Waals surface area contributed by atoms with Crippen molar-refractivity contribution >= 4 is 22.4 Å². The first-order chi connectivity index (χ1) is 12.2. The zero-order valence-electron chi connectivity index (χ0n) is 14.5. The van der Waals surface area contributed by atoms with Gasteiger partial charge < -0.3 is 5.73 Å². The molecule has 0 heterocycles. The number of hydrogen-bond donors (Lipinski definition) is 1. The highest BCUT2D eigenvalue weighted by Gasteiger charge is 2.28. The summed E-state index contributed by atoms with van der Waals surface area (Å²) < 4.78 is 64.1. The Bertz CT molecular complexity index is 798. The van der Waals surface area contributed by atoms with Gasteiger partial charge >= 0.3 is 6.18 Å². The number of rotatable bonds is 8. The molecule has 2 N–H and O–H groups in total. The smallest absolute Gasteiger partial charge is 0.329 e. The molecule has 0 saturated heterocycles. The first kappa shape index (κ1) is 23.4. The van der Waals surface area contributed by atoms with Gasteiger partial charge in [-0.1, -0.05) is 42.5 Å². The summed E-state index contributed by atoms with van der Waals surface area (Å²) in [6.45, 7) is 0.535. The molecule has 2 aromatic carbocycles. The van der Waals surface area contributed by atoms with E-state index in [2.05, 4.69) is 0 Å². The third-order valence-corrected chi connectivity index (χ3v) is 5.75. The molecule has 0 aliphatic rings. The van der Waals surface area contributed by atoms with Gasteiger partial charge in [0.25, 0.3) is 0 Å². The predicted octanol–water partition coefficient (Wildman–Crippen LogP) is 3.41. The molecule has 0 saturated carbocycles. The lowest BCUT2D eigenvalue weighted by Gasteiger charge is -2.22. The molecular formula is C18H22ClF3N2O2S. The number of alkyl halides is 3. The van der Waals surface area contributed by atoms with Crippen LogP contribution >= 0.6 is 12.4 Å². The Balaban J connectivity index is 0.00000364. The molecule has 4 nitrogen and oxygen atoms in total. The molecule has 0 fully saturated rings. The first-order valence-electron chi connectivity index (χ1n) is 8.12. The molecule has 27 heavy (non-hydrogen) atoms. The van der Waals surface area contributed by atoms with E-state index in [4.69, 9.17) is 5.73 Å². The van der Waals surface area contributed by atoms with Crippen molar-refractivity contribution in [3.8, 4) is 0 Å². The van der Waals surface area contributed by atoms with Gasteiger partial charge in [0.05, 0.1) is 11.3 Å². The molecule has 2 rings (SSSR count). The fourth-order valence-electron chi connectivity index (χ4n) is 2.55. The third kappa shape index (κ3) is 7.14. The zero-order chi connectivity index (χ0) is 19.2. The molecule has 0 bridgehead atoms. The summed E-state index contributed by atoms with van der Waals surface area (Å²) in [4.78, 5) is -0.0371. The maximum absolute atomic E-state index is 12.8. The van der Waals surface area contributed by atoms with Gasteiger partial charge in [-0.2, -0.15) is 17.5 Å². The zero-order valence-corrected chi connectivity index (χ0v) is 16.2. The first-order valence-corrected chi connectivity index (χ1v) is 9.56. The Morgan fingerprint density at radius 2 is 1.48 bits per heavy atom. The highest BCUT2D eigenvalue weighted by molar-refractivity contribution is 7.89. The van der Waals surface area contributed by atoms with Crippen LogP contribution in [0.15, 0.2) is 59.5 Å². The van der Waals surface area contributed by atoms with E-state index in [1.165, 1.54) is 28.6 Å². The van der Waals surface area contributed by atoms with E-state index < -0.39 is 22.6 Å². The normalized spacial score (nSPS) is 12.0. The predicted molar refractivity (Wildman–Crippen MR) is 101 cm³/mol. The average Bonchev–Trinajstić information content (AvgIpc) is 2.58. The minimum Gasteiger partial charge on any atom is -0.329 e. The van der Waals surface area contributed by atoms with Gasteiger partial charge in [0.1, 0.15) is 0 Å². The van der Waals surface area contributed by atoms with Crippen molar-refractivity contribution < 1.29 is 21.6 Å². The molecule has 0 atom stereocenters. The second kappa shape index (κ2) is 10.1. The molecule has 2 aromatic rings. The van der Waals surface area contributed by atoms with Crippen LogP contribution in [0, 0.1) is 0 Å². The van der Waals surface area contributed by atoms with Gasteiger partial charge in [0.2, 0.25) is 10.0 Å². The van der Waals surface area contributed by atoms with E-state index in [0.29, 0.717) is 6.42 Å². The quantitative estimate of drug-likeness (QED) is 0.709. The monoisotopic (exact) mass is 422 g/mol. The lowest BCUT2D eigenvalue weighted by atomic mass is 10.1. The molecule has 0 unspecified atom stereocenters. The average molecular weight is 423 g/mol. The van der Waals surface area contributed by atoms with Crippen molar-refractivity contribution in [1.29, 1.82) is 0 Å². The Morgan fingerprint density at radius 3 is 2.00 bits per heavy atom. The lowest BCUT2D eigenvalue weighted by Crippen LogP contribution is -2.36. The van der Waals surface area contributed by atoms with Crippen molar-refractivity contribution in [3.63, 3.8) is 0 Å². The Hall–Kier alpha value is -1.61. The largest absolute Gasteiger partial charge is 0.393 e. The summed E-state index contributed by atoms with van der Waals surface area (Å²) in [6, 6.07) is 14.2. The van der Waals surface area contributed by atoms with Crippen molar-refractivity contribution in [2.75, 3.05) is 19.6 Å². The van der Waals surface area contributed by atoms with E-state index >= 15 is 0 Å². The van der Waals surface area contributed by atoms with Gasteiger partial charge in [-0.25, -0.2) is 8.42 Å². The van der Waals surface area contributed by atoms with Crippen LogP contribution in [0.3, 0.4) is 0 Å². The highest BCUT2D eigenvalue weighted by Crippen LogP contribution is 2.23. The third-order valence-electron chi connectivity index (χ3n) is 3.84. The van der Waals surface area contributed by atoms with Crippen LogP contribution in [-0.4, -0.2) is 38.5 Å². The van der Waals surface area contributed by atoms with Crippen molar-refractivity contribution in [2.45, 2.75) is 23.9 Å². The van der Waals surface area contributed by atoms with Crippen LogP contribution in [-0.2, 0) is 22.9 Å². The van der Waals surface area contributed by atoms with Crippen molar-refractivity contribution in [2.24, 2.45) is 5.73 Å². The van der Waals surface area contributed by atoms with Crippen molar-refractivity contribution in [1.82, 2.24) is 4.31 Å². The second-order valence-electron chi connectivity index (χ2n) is 5.86. The number of hydrogen-bond acceptors (Lipinski definition) is 3.